The molecule has 0 aliphatic carbocycles. The Bertz CT molecular complexity index is 643. The second-order valence-corrected chi connectivity index (χ2v) is 4.68. The summed E-state index contributed by atoms with van der Waals surface area (Å²) >= 11 is 1.53. The van der Waals surface area contributed by atoms with E-state index in [2.05, 4.69) is 4.98 Å². The fourth-order valence-electron chi connectivity index (χ4n) is 1.82. The number of furan rings is 1. The van der Waals surface area contributed by atoms with E-state index in [1.165, 1.54) is 11.3 Å². The number of aliphatic hydroxyl groups excluding tert-OH is 1. The van der Waals surface area contributed by atoms with Gasteiger partial charge in [-0.25, -0.2) is 4.98 Å². The zero-order chi connectivity index (χ0) is 12.4. The molecule has 0 fully saturated rings. The number of aromatic nitrogens is 1. The van der Waals surface area contributed by atoms with Gasteiger partial charge in [-0.2, -0.15) is 0 Å². The van der Waals surface area contributed by atoms with E-state index in [9.17, 15) is 0 Å². The summed E-state index contributed by atoms with van der Waals surface area (Å²) in [6.45, 7) is -0.0284. The van der Waals surface area contributed by atoms with Crippen LogP contribution in [0.25, 0.3) is 21.9 Å². The highest BCUT2D eigenvalue weighted by Crippen LogP contribution is 2.33. The van der Waals surface area contributed by atoms with Crippen LogP contribution in [0.4, 0.5) is 0 Å². The molecule has 0 bridgehead atoms. The van der Waals surface area contributed by atoms with Gasteiger partial charge in [0.05, 0.1) is 18.6 Å². The maximum Gasteiger partial charge on any atom is 0.134 e. The van der Waals surface area contributed by atoms with Crippen LogP contribution >= 0.6 is 11.3 Å². The Hall–Kier alpha value is -1.91. The van der Waals surface area contributed by atoms with Gasteiger partial charge in [-0.3, -0.25) is 0 Å². The van der Waals surface area contributed by atoms with Crippen molar-refractivity contribution in [1.29, 1.82) is 0 Å². The highest BCUT2D eigenvalue weighted by atomic mass is 32.1. The molecule has 1 N–H and O–H groups in total. The minimum Gasteiger partial charge on any atom is -0.464 e. The lowest BCUT2D eigenvalue weighted by atomic mass is 10.1. The molecule has 0 spiro atoms. The van der Waals surface area contributed by atoms with Gasteiger partial charge in [0.25, 0.3) is 0 Å². The standard InChI is InChI=1S/C14H11NO2S/c16-8-10-9-18-14(15-10)12-5-2-1-4-11(12)13-6-3-7-17-13/h1-7,9,16H,8H2. The molecule has 1 aromatic carbocycles. The van der Waals surface area contributed by atoms with E-state index in [1.54, 1.807) is 6.26 Å². The summed E-state index contributed by atoms with van der Waals surface area (Å²) in [5, 5.41) is 11.8. The number of thiazole rings is 1. The third-order valence-electron chi connectivity index (χ3n) is 2.66. The lowest BCUT2D eigenvalue weighted by Gasteiger charge is -2.03. The van der Waals surface area contributed by atoms with E-state index < -0.39 is 0 Å². The van der Waals surface area contributed by atoms with Crippen molar-refractivity contribution in [2.45, 2.75) is 6.61 Å². The molecule has 3 rings (SSSR count). The Morgan fingerprint density at radius 1 is 1.11 bits per heavy atom. The Kier molecular flexibility index (Phi) is 2.96. The summed E-state index contributed by atoms with van der Waals surface area (Å²) in [4.78, 5) is 4.40. The van der Waals surface area contributed by atoms with Crippen molar-refractivity contribution in [3.63, 3.8) is 0 Å². The van der Waals surface area contributed by atoms with Gasteiger partial charge in [-0.15, -0.1) is 11.3 Å². The summed E-state index contributed by atoms with van der Waals surface area (Å²) in [6.07, 6.45) is 1.66. The third-order valence-corrected chi connectivity index (χ3v) is 3.58. The molecule has 0 aliphatic rings. The number of nitrogens with zero attached hydrogens (tertiary/aromatic N) is 1. The monoisotopic (exact) mass is 257 g/mol. The number of aliphatic hydroxyl groups is 1. The molecular weight excluding hydrogens is 246 g/mol. The number of benzene rings is 1. The highest BCUT2D eigenvalue weighted by molar-refractivity contribution is 7.13. The fraction of sp³-hybridized carbons (Fsp3) is 0.0714. The molecule has 0 saturated heterocycles. The zero-order valence-electron chi connectivity index (χ0n) is 9.54. The first-order valence-corrected chi connectivity index (χ1v) is 6.45. The van der Waals surface area contributed by atoms with Gasteiger partial charge < -0.3 is 9.52 Å². The Labute approximate surface area is 108 Å². The smallest absolute Gasteiger partial charge is 0.134 e. The van der Waals surface area contributed by atoms with E-state index in [0.29, 0.717) is 5.69 Å². The number of rotatable bonds is 3. The van der Waals surface area contributed by atoms with Crippen molar-refractivity contribution in [3.8, 4) is 21.9 Å². The van der Waals surface area contributed by atoms with Gasteiger partial charge in [0.15, 0.2) is 0 Å². The van der Waals surface area contributed by atoms with Crippen molar-refractivity contribution in [3.05, 3.63) is 53.7 Å². The van der Waals surface area contributed by atoms with E-state index in [0.717, 1.165) is 21.9 Å². The van der Waals surface area contributed by atoms with Gasteiger partial charge in [0.2, 0.25) is 0 Å². The van der Waals surface area contributed by atoms with E-state index in [1.807, 2.05) is 41.8 Å². The van der Waals surface area contributed by atoms with Gasteiger partial charge in [0.1, 0.15) is 10.8 Å². The van der Waals surface area contributed by atoms with Crippen molar-refractivity contribution in [2.75, 3.05) is 0 Å². The van der Waals surface area contributed by atoms with Crippen LogP contribution in [0.1, 0.15) is 5.69 Å². The molecule has 0 radical (unpaired) electrons. The summed E-state index contributed by atoms with van der Waals surface area (Å²) in [6, 6.07) is 11.8. The van der Waals surface area contributed by atoms with Crippen LogP contribution in [-0.4, -0.2) is 10.1 Å². The lowest BCUT2D eigenvalue weighted by Crippen LogP contribution is -1.85. The first kappa shape index (κ1) is 11.2. The lowest BCUT2D eigenvalue weighted by molar-refractivity contribution is 0.278. The van der Waals surface area contributed by atoms with Crippen LogP contribution < -0.4 is 0 Å². The molecule has 0 atom stereocenters. The van der Waals surface area contributed by atoms with Gasteiger partial charge >= 0.3 is 0 Å². The Morgan fingerprint density at radius 2 is 1.94 bits per heavy atom. The summed E-state index contributed by atoms with van der Waals surface area (Å²) < 4.78 is 5.44. The topological polar surface area (TPSA) is 46.3 Å². The second-order valence-electron chi connectivity index (χ2n) is 3.82. The van der Waals surface area contributed by atoms with Crippen LogP contribution in [0.5, 0.6) is 0 Å². The average molecular weight is 257 g/mol. The predicted molar refractivity (Wildman–Crippen MR) is 71.2 cm³/mol. The summed E-state index contributed by atoms with van der Waals surface area (Å²) in [5.74, 6) is 0.825. The third kappa shape index (κ3) is 1.96. The minimum absolute atomic E-state index is 0.0284. The first-order valence-electron chi connectivity index (χ1n) is 5.57. The van der Waals surface area contributed by atoms with E-state index in [4.69, 9.17) is 9.52 Å². The molecule has 3 aromatic rings. The molecule has 3 nitrogen and oxygen atoms in total. The molecule has 90 valence electrons. The van der Waals surface area contributed by atoms with Gasteiger partial charge in [0, 0.05) is 16.5 Å². The molecule has 18 heavy (non-hydrogen) atoms. The van der Waals surface area contributed by atoms with Gasteiger partial charge in [-0.05, 0) is 12.1 Å². The molecule has 4 heteroatoms. The fourth-order valence-corrected chi connectivity index (χ4v) is 2.67. The minimum atomic E-state index is -0.0284. The van der Waals surface area contributed by atoms with Crippen molar-refractivity contribution in [1.82, 2.24) is 4.98 Å². The first-order chi connectivity index (χ1) is 8.88. The predicted octanol–water partition coefficient (Wildman–Crippen LogP) is 3.56. The van der Waals surface area contributed by atoms with Crippen molar-refractivity contribution < 1.29 is 9.52 Å². The van der Waals surface area contributed by atoms with Crippen LogP contribution in [0.3, 0.4) is 0 Å². The van der Waals surface area contributed by atoms with Gasteiger partial charge in [-0.1, -0.05) is 24.3 Å². The number of hydrogen-bond donors (Lipinski definition) is 1. The quantitative estimate of drug-likeness (QED) is 0.780. The molecule has 0 saturated carbocycles. The van der Waals surface area contributed by atoms with E-state index in [-0.39, 0.29) is 6.61 Å². The van der Waals surface area contributed by atoms with Crippen molar-refractivity contribution in [2.24, 2.45) is 0 Å². The highest BCUT2D eigenvalue weighted by Gasteiger charge is 2.11. The SMILES string of the molecule is OCc1csc(-c2ccccc2-c2ccco2)n1. The maximum absolute atomic E-state index is 9.08. The molecule has 0 aliphatic heterocycles. The summed E-state index contributed by atoms with van der Waals surface area (Å²) in [5.41, 5.74) is 2.74. The van der Waals surface area contributed by atoms with Crippen LogP contribution in [0.2, 0.25) is 0 Å². The molecule has 2 heterocycles. The zero-order valence-corrected chi connectivity index (χ0v) is 10.4. The summed E-state index contributed by atoms with van der Waals surface area (Å²) in [7, 11) is 0. The molecular formula is C14H11NO2S. The maximum atomic E-state index is 9.08. The largest absolute Gasteiger partial charge is 0.464 e. The molecule has 2 aromatic heterocycles. The van der Waals surface area contributed by atoms with Crippen molar-refractivity contribution >= 4 is 11.3 Å². The second kappa shape index (κ2) is 4.76. The molecule has 0 amide bonds. The average Bonchev–Trinajstić information content (AvgIpc) is 3.10. The van der Waals surface area contributed by atoms with Crippen LogP contribution in [0.15, 0.2) is 52.5 Å². The Morgan fingerprint density at radius 3 is 2.61 bits per heavy atom. The number of hydrogen-bond acceptors (Lipinski definition) is 4. The normalized spacial score (nSPS) is 10.7. The van der Waals surface area contributed by atoms with E-state index >= 15 is 0 Å². The van der Waals surface area contributed by atoms with Crippen LogP contribution in [-0.2, 0) is 6.61 Å². The molecule has 0 unspecified atom stereocenters. The van der Waals surface area contributed by atoms with Crippen LogP contribution in [0, 0.1) is 0 Å². The Balaban J connectivity index is 2.12.